The van der Waals surface area contributed by atoms with Crippen molar-refractivity contribution in [1.82, 2.24) is 0 Å². The molecular formula is C24H18BBr. The minimum absolute atomic E-state index is 0.185. The number of halogens is 1. The summed E-state index contributed by atoms with van der Waals surface area (Å²) in [6, 6.07) is 38.6. The van der Waals surface area contributed by atoms with Crippen LogP contribution in [0.15, 0.2) is 114 Å². The Morgan fingerprint density at radius 1 is 0.500 bits per heavy atom. The van der Waals surface area contributed by atoms with Crippen molar-refractivity contribution in [1.29, 1.82) is 0 Å². The Kier molecular flexibility index (Phi) is 5.03. The highest BCUT2D eigenvalue weighted by molar-refractivity contribution is 9.10. The minimum atomic E-state index is 0.185. The van der Waals surface area contributed by atoms with E-state index in [1.54, 1.807) is 0 Å². The number of hydrogen-bond acceptors (Lipinski definition) is 0. The Bertz CT molecular complexity index is 943. The van der Waals surface area contributed by atoms with Crippen LogP contribution in [0, 0.1) is 0 Å². The van der Waals surface area contributed by atoms with Gasteiger partial charge in [-0.1, -0.05) is 135 Å². The lowest BCUT2D eigenvalue weighted by molar-refractivity contribution is 1.61. The third kappa shape index (κ3) is 3.38. The maximum absolute atomic E-state index is 3.80. The van der Waals surface area contributed by atoms with Crippen molar-refractivity contribution in [3.63, 3.8) is 0 Å². The smallest absolute Gasteiger partial charge is 0.0686 e. The van der Waals surface area contributed by atoms with Crippen molar-refractivity contribution in [2.75, 3.05) is 0 Å². The van der Waals surface area contributed by atoms with Gasteiger partial charge in [0.05, 0.1) is 0 Å². The van der Waals surface area contributed by atoms with E-state index in [1.165, 1.54) is 27.5 Å². The van der Waals surface area contributed by atoms with Crippen molar-refractivity contribution in [2.45, 2.75) is 0 Å². The largest absolute Gasteiger partial charge is 0.242 e. The van der Waals surface area contributed by atoms with Gasteiger partial charge in [-0.2, -0.15) is 0 Å². The van der Waals surface area contributed by atoms with E-state index in [4.69, 9.17) is 0 Å². The molecule has 0 aliphatic heterocycles. The zero-order valence-corrected chi connectivity index (χ0v) is 15.9. The van der Waals surface area contributed by atoms with Crippen molar-refractivity contribution in [2.24, 2.45) is 0 Å². The van der Waals surface area contributed by atoms with Gasteiger partial charge < -0.3 is 0 Å². The van der Waals surface area contributed by atoms with E-state index in [-0.39, 0.29) is 6.71 Å². The summed E-state index contributed by atoms with van der Waals surface area (Å²) >= 11 is 3.80. The monoisotopic (exact) mass is 396 g/mol. The lowest BCUT2D eigenvalue weighted by atomic mass is 9.36. The molecule has 0 atom stereocenters. The van der Waals surface area contributed by atoms with Gasteiger partial charge in [-0.15, -0.1) is 0 Å². The van der Waals surface area contributed by atoms with Gasteiger partial charge in [0.15, 0.2) is 0 Å². The van der Waals surface area contributed by atoms with Crippen LogP contribution in [0.1, 0.15) is 0 Å². The molecule has 0 aliphatic rings. The minimum Gasteiger partial charge on any atom is -0.0686 e. The molecule has 0 radical (unpaired) electrons. The molecule has 2 heteroatoms. The highest BCUT2D eigenvalue weighted by atomic mass is 79.9. The zero-order valence-electron chi connectivity index (χ0n) is 14.3. The van der Waals surface area contributed by atoms with E-state index in [1.807, 2.05) is 0 Å². The second-order valence-corrected chi connectivity index (χ2v) is 7.18. The summed E-state index contributed by atoms with van der Waals surface area (Å²) in [5.41, 5.74) is 6.39. The van der Waals surface area contributed by atoms with Gasteiger partial charge in [0.1, 0.15) is 0 Å². The fourth-order valence-corrected chi connectivity index (χ4v) is 4.14. The molecule has 26 heavy (non-hydrogen) atoms. The van der Waals surface area contributed by atoms with E-state index in [9.17, 15) is 0 Å². The Morgan fingerprint density at radius 2 is 1.00 bits per heavy atom. The molecule has 0 unspecified atom stereocenters. The fourth-order valence-electron chi connectivity index (χ4n) is 3.53. The molecule has 0 bridgehead atoms. The van der Waals surface area contributed by atoms with E-state index in [0.717, 1.165) is 4.47 Å². The lowest BCUT2D eigenvalue weighted by Gasteiger charge is -2.20. The predicted molar refractivity (Wildman–Crippen MR) is 117 cm³/mol. The Labute approximate surface area is 163 Å². The van der Waals surface area contributed by atoms with Gasteiger partial charge in [0, 0.05) is 4.47 Å². The van der Waals surface area contributed by atoms with Crippen LogP contribution in [-0.2, 0) is 0 Å². The van der Waals surface area contributed by atoms with Crippen LogP contribution in [0.25, 0.3) is 11.1 Å². The first-order valence-corrected chi connectivity index (χ1v) is 9.57. The summed E-state index contributed by atoms with van der Waals surface area (Å²) in [6.07, 6.45) is 0. The highest BCUT2D eigenvalue weighted by Crippen LogP contribution is 2.26. The van der Waals surface area contributed by atoms with Crippen LogP contribution in [0.2, 0.25) is 0 Å². The van der Waals surface area contributed by atoms with Crippen LogP contribution in [0.3, 0.4) is 0 Å². The second-order valence-electron chi connectivity index (χ2n) is 6.32. The molecule has 4 aromatic rings. The summed E-state index contributed by atoms with van der Waals surface area (Å²) in [4.78, 5) is 0. The SMILES string of the molecule is Brc1cccc(B(c2ccccc2)c2ccccc2)c1-c1ccccc1. The first kappa shape index (κ1) is 16.9. The molecule has 0 spiro atoms. The van der Waals surface area contributed by atoms with Gasteiger partial charge in [-0.25, -0.2) is 0 Å². The normalized spacial score (nSPS) is 10.5. The molecule has 0 amide bonds. The van der Waals surface area contributed by atoms with E-state index in [0.29, 0.717) is 0 Å². The molecule has 0 aromatic heterocycles. The number of rotatable bonds is 4. The van der Waals surface area contributed by atoms with Crippen molar-refractivity contribution in [3.8, 4) is 11.1 Å². The molecular weight excluding hydrogens is 379 g/mol. The number of benzene rings is 4. The Balaban J connectivity index is 1.97. The van der Waals surface area contributed by atoms with Gasteiger partial charge in [0.25, 0.3) is 0 Å². The fraction of sp³-hybridized carbons (Fsp3) is 0. The standard InChI is InChI=1S/C24H18BBr/c26-23-18-10-17-22(24(23)19-11-4-1-5-12-19)25(20-13-6-2-7-14-20)21-15-8-3-9-16-21/h1-18H. The van der Waals surface area contributed by atoms with Crippen LogP contribution in [-0.4, -0.2) is 6.71 Å². The first-order valence-electron chi connectivity index (χ1n) is 8.78. The topological polar surface area (TPSA) is 0 Å². The van der Waals surface area contributed by atoms with Crippen molar-refractivity contribution >= 4 is 39.0 Å². The quantitative estimate of drug-likeness (QED) is 0.441. The number of hydrogen-bond donors (Lipinski definition) is 0. The summed E-state index contributed by atoms with van der Waals surface area (Å²) in [6.45, 7) is 0.185. The predicted octanol–water partition coefficient (Wildman–Crippen LogP) is 4.63. The van der Waals surface area contributed by atoms with Crippen LogP contribution in [0.5, 0.6) is 0 Å². The Hall–Kier alpha value is -2.58. The second kappa shape index (κ2) is 7.76. The van der Waals surface area contributed by atoms with E-state index in [2.05, 4.69) is 125 Å². The van der Waals surface area contributed by atoms with Crippen LogP contribution >= 0.6 is 15.9 Å². The zero-order chi connectivity index (χ0) is 17.8. The molecule has 0 nitrogen and oxygen atoms in total. The molecule has 0 aliphatic carbocycles. The van der Waals surface area contributed by atoms with Crippen molar-refractivity contribution in [3.05, 3.63) is 114 Å². The van der Waals surface area contributed by atoms with E-state index < -0.39 is 0 Å². The van der Waals surface area contributed by atoms with Gasteiger partial charge in [-0.3, -0.25) is 0 Å². The summed E-state index contributed by atoms with van der Waals surface area (Å²) < 4.78 is 1.12. The highest BCUT2D eigenvalue weighted by Gasteiger charge is 2.25. The summed E-state index contributed by atoms with van der Waals surface area (Å²) in [5, 5.41) is 0. The third-order valence-corrected chi connectivity index (χ3v) is 5.35. The van der Waals surface area contributed by atoms with E-state index >= 15 is 0 Å². The van der Waals surface area contributed by atoms with Gasteiger partial charge in [0.2, 0.25) is 6.71 Å². The molecule has 0 heterocycles. The van der Waals surface area contributed by atoms with Gasteiger partial charge >= 0.3 is 0 Å². The van der Waals surface area contributed by atoms with Gasteiger partial charge in [-0.05, 0) is 17.2 Å². The molecule has 0 N–H and O–H groups in total. The molecule has 4 aromatic carbocycles. The molecule has 0 fully saturated rings. The lowest BCUT2D eigenvalue weighted by Crippen LogP contribution is -2.52. The van der Waals surface area contributed by atoms with Crippen LogP contribution < -0.4 is 16.4 Å². The molecule has 0 saturated carbocycles. The first-order chi connectivity index (χ1) is 12.8. The van der Waals surface area contributed by atoms with Crippen LogP contribution in [0.4, 0.5) is 0 Å². The Morgan fingerprint density at radius 3 is 1.54 bits per heavy atom. The molecule has 124 valence electrons. The van der Waals surface area contributed by atoms with Crippen molar-refractivity contribution < 1.29 is 0 Å². The maximum Gasteiger partial charge on any atom is 0.242 e. The average Bonchev–Trinajstić information content (AvgIpc) is 2.71. The maximum atomic E-state index is 3.80. The average molecular weight is 397 g/mol. The summed E-state index contributed by atoms with van der Waals surface area (Å²) in [7, 11) is 0. The molecule has 0 saturated heterocycles. The summed E-state index contributed by atoms with van der Waals surface area (Å²) in [5.74, 6) is 0. The molecule has 4 rings (SSSR count). The third-order valence-electron chi connectivity index (χ3n) is 4.69.